The zero-order valence-corrected chi connectivity index (χ0v) is 23.5. The van der Waals surface area contributed by atoms with Crippen LogP contribution < -0.4 is 0 Å². The molecular weight excluding hydrogens is 424 g/mol. The van der Waals surface area contributed by atoms with Crippen LogP contribution in [0.4, 0.5) is 0 Å². The van der Waals surface area contributed by atoms with Crippen LogP contribution in [-0.2, 0) is 14.3 Å². The van der Waals surface area contributed by atoms with Gasteiger partial charge in [0, 0.05) is 40.4 Å². The lowest BCUT2D eigenvalue weighted by Gasteiger charge is -2.27. The summed E-state index contributed by atoms with van der Waals surface area (Å²) in [5.41, 5.74) is 0. The molecule has 0 radical (unpaired) electrons. The van der Waals surface area contributed by atoms with Gasteiger partial charge in [-0.15, -0.1) is 0 Å². The van der Waals surface area contributed by atoms with Crippen molar-refractivity contribution in [3.05, 3.63) is 0 Å². The number of carbonyl (C=O) groups excluding carboxylic acids is 2. The maximum Gasteiger partial charge on any atom is 0.234 e. The van der Waals surface area contributed by atoms with Crippen LogP contribution in [0.3, 0.4) is 0 Å². The fraction of sp³-hybridized carbons (Fsp3) is 0.931. The van der Waals surface area contributed by atoms with Crippen molar-refractivity contribution in [2.24, 2.45) is 5.92 Å². The van der Waals surface area contributed by atoms with Crippen LogP contribution in [0.15, 0.2) is 0 Å². The maximum atomic E-state index is 13.2. The van der Waals surface area contributed by atoms with Crippen molar-refractivity contribution in [1.82, 2.24) is 9.80 Å². The third-order valence-electron chi connectivity index (χ3n) is 6.74. The SMILES string of the molecule is CCCCCCCCN(C)C(=O)C(CCOCCCCCC)C(=O)N(C)CCCCCCCC. The average molecular weight is 483 g/mol. The molecule has 0 aromatic carbocycles. The molecule has 5 heteroatoms. The molecule has 0 N–H and O–H groups in total. The summed E-state index contributed by atoms with van der Waals surface area (Å²) in [6.45, 7) is 9.30. The molecule has 0 saturated heterocycles. The maximum absolute atomic E-state index is 13.2. The van der Waals surface area contributed by atoms with Gasteiger partial charge in [-0.3, -0.25) is 9.59 Å². The van der Waals surface area contributed by atoms with Gasteiger partial charge in [0.2, 0.25) is 11.8 Å². The minimum atomic E-state index is -0.620. The number of rotatable bonds is 24. The van der Waals surface area contributed by atoms with E-state index >= 15 is 0 Å². The number of amides is 2. The standard InChI is InChI=1S/C29H58N2O3/c1-6-9-12-15-17-19-23-30(4)28(32)27(22-26-34-25-21-14-11-8-3)29(33)31(5)24-20-18-16-13-10-7-2/h27H,6-26H2,1-5H3. The van der Waals surface area contributed by atoms with Crippen molar-refractivity contribution in [1.29, 1.82) is 0 Å². The summed E-state index contributed by atoms with van der Waals surface area (Å²) in [6.07, 6.45) is 19.5. The first-order valence-corrected chi connectivity index (χ1v) is 14.6. The Balaban J connectivity index is 4.65. The van der Waals surface area contributed by atoms with Crippen molar-refractivity contribution < 1.29 is 14.3 Å². The minimum Gasteiger partial charge on any atom is -0.381 e. The highest BCUT2D eigenvalue weighted by atomic mass is 16.5. The van der Waals surface area contributed by atoms with Crippen LogP contribution in [-0.4, -0.2) is 62.0 Å². The van der Waals surface area contributed by atoms with E-state index in [0.29, 0.717) is 13.0 Å². The van der Waals surface area contributed by atoms with Gasteiger partial charge in [-0.2, -0.15) is 0 Å². The number of hydrogen-bond acceptors (Lipinski definition) is 3. The van der Waals surface area contributed by atoms with Gasteiger partial charge in [0.1, 0.15) is 5.92 Å². The fourth-order valence-electron chi connectivity index (χ4n) is 4.30. The highest BCUT2D eigenvalue weighted by Gasteiger charge is 2.31. The van der Waals surface area contributed by atoms with E-state index in [2.05, 4.69) is 20.8 Å². The normalized spacial score (nSPS) is 11.2. The molecule has 0 aliphatic rings. The number of nitrogens with zero attached hydrogens (tertiary/aromatic N) is 2. The fourth-order valence-corrected chi connectivity index (χ4v) is 4.30. The highest BCUT2D eigenvalue weighted by molar-refractivity contribution is 6.00. The zero-order chi connectivity index (χ0) is 25.4. The van der Waals surface area contributed by atoms with Gasteiger partial charge in [-0.1, -0.05) is 104 Å². The van der Waals surface area contributed by atoms with Gasteiger partial charge >= 0.3 is 0 Å². The Labute approximate surface area is 212 Å². The van der Waals surface area contributed by atoms with Gasteiger partial charge in [0.15, 0.2) is 0 Å². The topological polar surface area (TPSA) is 49.9 Å². The van der Waals surface area contributed by atoms with Gasteiger partial charge in [0.25, 0.3) is 0 Å². The molecule has 0 atom stereocenters. The molecule has 0 aliphatic heterocycles. The van der Waals surface area contributed by atoms with Crippen molar-refractivity contribution in [3.8, 4) is 0 Å². The monoisotopic (exact) mass is 482 g/mol. The summed E-state index contributed by atoms with van der Waals surface area (Å²) in [5, 5.41) is 0. The van der Waals surface area contributed by atoms with E-state index in [9.17, 15) is 9.59 Å². The molecule has 0 rings (SSSR count). The number of hydrogen-bond donors (Lipinski definition) is 0. The molecule has 5 nitrogen and oxygen atoms in total. The van der Waals surface area contributed by atoms with Crippen molar-refractivity contribution in [3.63, 3.8) is 0 Å². The molecule has 34 heavy (non-hydrogen) atoms. The molecule has 0 heterocycles. The lowest BCUT2D eigenvalue weighted by molar-refractivity contribution is -0.146. The van der Waals surface area contributed by atoms with Crippen molar-refractivity contribution in [2.45, 2.75) is 130 Å². The Morgan fingerprint density at radius 3 is 1.38 bits per heavy atom. The van der Waals surface area contributed by atoms with E-state index in [1.165, 1.54) is 70.6 Å². The second-order valence-corrected chi connectivity index (χ2v) is 10.1. The Morgan fingerprint density at radius 2 is 0.941 bits per heavy atom. The van der Waals surface area contributed by atoms with E-state index < -0.39 is 5.92 Å². The van der Waals surface area contributed by atoms with E-state index in [-0.39, 0.29) is 11.8 Å². The number of ether oxygens (including phenoxy) is 1. The summed E-state index contributed by atoms with van der Waals surface area (Å²) >= 11 is 0. The van der Waals surface area contributed by atoms with Gasteiger partial charge in [0.05, 0.1) is 0 Å². The molecule has 0 fully saturated rings. The molecule has 0 saturated carbocycles. The largest absolute Gasteiger partial charge is 0.381 e. The summed E-state index contributed by atoms with van der Waals surface area (Å²) in [4.78, 5) is 30.0. The van der Waals surface area contributed by atoms with E-state index in [1.54, 1.807) is 9.80 Å². The second kappa shape index (κ2) is 23.6. The number of unbranched alkanes of at least 4 members (excludes halogenated alkanes) is 13. The van der Waals surface area contributed by atoms with E-state index in [1.807, 2.05) is 14.1 Å². The van der Waals surface area contributed by atoms with Gasteiger partial charge in [-0.25, -0.2) is 0 Å². The van der Waals surface area contributed by atoms with Crippen LogP contribution in [0.5, 0.6) is 0 Å². The van der Waals surface area contributed by atoms with Crippen molar-refractivity contribution in [2.75, 3.05) is 40.4 Å². The quantitative estimate of drug-likeness (QED) is 0.108. The third-order valence-corrected chi connectivity index (χ3v) is 6.74. The summed E-state index contributed by atoms with van der Waals surface area (Å²) in [7, 11) is 3.71. The zero-order valence-electron chi connectivity index (χ0n) is 23.5. The smallest absolute Gasteiger partial charge is 0.234 e. The predicted molar refractivity (Wildman–Crippen MR) is 145 cm³/mol. The van der Waals surface area contributed by atoms with Crippen LogP contribution in [0.25, 0.3) is 0 Å². The molecule has 0 unspecified atom stereocenters. The molecule has 0 aromatic heterocycles. The van der Waals surface area contributed by atoms with Crippen LogP contribution in [0.2, 0.25) is 0 Å². The highest BCUT2D eigenvalue weighted by Crippen LogP contribution is 2.15. The Hall–Kier alpha value is -1.10. The molecular formula is C29H58N2O3. The van der Waals surface area contributed by atoms with Crippen LogP contribution >= 0.6 is 0 Å². The molecule has 0 aromatic rings. The first-order valence-electron chi connectivity index (χ1n) is 14.6. The first kappa shape index (κ1) is 32.9. The Morgan fingerprint density at radius 1 is 0.559 bits per heavy atom. The lowest BCUT2D eigenvalue weighted by atomic mass is 10.0. The van der Waals surface area contributed by atoms with Crippen molar-refractivity contribution >= 4 is 11.8 Å². The van der Waals surface area contributed by atoms with Crippen LogP contribution in [0.1, 0.15) is 130 Å². The first-order chi connectivity index (χ1) is 16.5. The summed E-state index contributed by atoms with van der Waals surface area (Å²) < 4.78 is 5.80. The lowest BCUT2D eigenvalue weighted by Crippen LogP contribution is -2.44. The van der Waals surface area contributed by atoms with E-state index in [4.69, 9.17) is 4.74 Å². The Bertz CT molecular complexity index is 450. The summed E-state index contributed by atoms with van der Waals surface area (Å²) in [6, 6.07) is 0. The minimum absolute atomic E-state index is 0.0389. The van der Waals surface area contributed by atoms with Gasteiger partial charge < -0.3 is 14.5 Å². The number of carbonyl (C=O) groups is 2. The van der Waals surface area contributed by atoms with Crippen LogP contribution in [0, 0.1) is 5.92 Å². The predicted octanol–water partition coefficient (Wildman–Crippen LogP) is 7.23. The molecule has 2 amide bonds. The van der Waals surface area contributed by atoms with Gasteiger partial charge in [-0.05, 0) is 25.7 Å². The molecule has 0 spiro atoms. The summed E-state index contributed by atoms with van der Waals surface area (Å²) in [5.74, 6) is -0.698. The third kappa shape index (κ3) is 17.4. The molecule has 0 aliphatic carbocycles. The molecule has 0 bridgehead atoms. The molecule has 202 valence electrons. The van der Waals surface area contributed by atoms with E-state index in [0.717, 1.165) is 51.8 Å². The average Bonchev–Trinajstić information content (AvgIpc) is 2.84. The second-order valence-electron chi connectivity index (χ2n) is 10.1. The Kier molecular flexibility index (Phi) is 22.9.